The van der Waals surface area contributed by atoms with Crippen molar-refractivity contribution in [2.75, 3.05) is 19.0 Å². The molecule has 1 unspecified atom stereocenters. The smallest absolute Gasteiger partial charge is 0.354 e. The zero-order chi connectivity index (χ0) is 21.3. The number of hydrogen-bond acceptors (Lipinski definition) is 5. The summed E-state index contributed by atoms with van der Waals surface area (Å²) < 4.78 is 33.5. The first-order chi connectivity index (χ1) is 13.6. The summed E-state index contributed by atoms with van der Waals surface area (Å²) in [6.07, 6.45) is 2.30. The molecular weight excluding hydrogens is 418 g/mol. The number of aryl methyl sites for hydroxylation is 2. The average Bonchev–Trinajstić information content (AvgIpc) is 3.32. The number of nitrogens with one attached hydrogen (secondary N) is 1. The van der Waals surface area contributed by atoms with Gasteiger partial charge in [-0.05, 0) is 43.5 Å². The molecule has 29 heavy (non-hydrogen) atoms. The predicted molar refractivity (Wildman–Crippen MR) is 108 cm³/mol. The molecule has 1 saturated heterocycles. The minimum absolute atomic E-state index is 0.0570. The maximum absolute atomic E-state index is 13.1. The standard InChI is InChI=1S/C19H22ClN3O5S/c1-12-6-7-13(9-15(12)20)21-18(24)16-5-4-8-23(16)29(26,27)14-10-17(19(25)28-3)22(2)11-14/h6-7,9-11,16H,4-5,8H2,1-3H3,(H,21,24). The van der Waals surface area contributed by atoms with Crippen LogP contribution in [0, 0.1) is 6.92 Å². The molecule has 0 spiro atoms. The Labute approximate surface area is 174 Å². The molecule has 0 bridgehead atoms. The second-order valence-electron chi connectivity index (χ2n) is 6.89. The molecule has 0 aliphatic carbocycles. The van der Waals surface area contributed by atoms with Crippen LogP contribution in [0.3, 0.4) is 0 Å². The van der Waals surface area contributed by atoms with E-state index in [4.69, 9.17) is 11.6 Å². The SMILES string of the molecule is COC(=O)c1cc(S(=O)(=O)N2CCCC2C(=O)Nc2ccc(C)c(Cl)c2)cn1C. The summed E-state index contributed by atoms with van der Waals surface area (Å²) in [6.45, 7) is 2.07. The van der Waals surface area contributed by atoms with Crippen molar-refractivity contribution in [2.24, 2.45) is 7.05 Å². The van der Waals surface area contributed by atoms with Gasteiger partial charge in [-0.2, -0.15) is 4.31 Å². The van der Waals surface area contributed by atoms with Gasteiger partial charge in [-0.25, -0.2) is 13.2 Å². The highest BCUT2D eigenvalue weighted by molar-refractivity contribution is 7.89. The number of sulfonamides is 1. The van der Waals surface area contributed by atoms with Gasteiger partial charge in [0.15, 0.2) is 0 Å². The van der Waals surface area contributed by atoms with E-state index >= 15 is 0 Å². The van der Waals surface area contributed by atoms with Crippen molar-refractivity contribution in [3.63, 3.8) is 0 Å². The van der Waals surface area contributed by atoms with E-state index < -0.39 is 27.9 Å². The topological polar surface area (TPSA) is 97.7 Å². The van der Waals surface area contributed by atoms with Gasteiger partial charge in [0.2, 0.25) is 15.9 Å². The Morgan fingerprint density at radius 3 is 2.66 bits per heavy atom. The van der Waals surface area contributed by atoms with Crippen molar-refractivity contribution in [3.8, 4) is 0 Å². The fraction of sp³-hybridized carbons (Fsp3) is 0.368. The minimum atomic E-state index is -3.97. The fourth-order valence-corrected chi connectivity index (χ4v) is 5.21. The summed E-state index contributed by atoms with van der Waals surface area (Å²) in [5.41, 5.74) is 1.49. The summed E-state index contributed by atoms with van der Waals surface area (Å²) >= 11 is 6.10. The van der Waals surface area contributed by atoms with Crippen LogP contribution in [0.1, 0.15) is 28.9 Å². The van der Waals surface area contributed by atoms with Crippen molar-refractivity contribution >= 4 is 39.2 Å². The molecule has 156 valence electrons. The number of methoxy groups -OCH3 is 1. The lowest BCUT2D eigenvalue weighted by molar-refractivity contribution is -0.119. The molecule has 1 atom stereocenters. The van der Waals surface area contributed by atoms with Crippen molar-refractivity contribution < 1.29 is 22.7 Å². The van der Waals surface area contributed by atoms with Crippen LogP contribution in [0.5, 0.6) is 0 Å². The third-order valence-electron chi connectivity index (χ3n) is 4.93. The summed E-state index contributed by atoms with van der Waals surface area (Å²) in [6, 6.07) is 5.53. The molecule has 3 rings (SSSR count). The van der Waals surface area contributed by atoms with E-state index in [1.165, 1.54) is 28.2 Å². The Morgan fingerprint density at radius 2 is 2.00 bits per heavy atom. The number of benzene rings is 1. The van der Waals surface area contributed by atoms with Gasteiger partial charge in [0.1, 0.15) is 16.6 Å². The van der Waals surface area contributed by atoms with Crippen LogP contribution in [0.2, 0.25) is 5.02 Å². The van der Waals surface area contributed by atoms with Gasteiger partial charge in [-0.15, -0.1) is 0 Å². The van der Waals surface area contributed by atoms with Crippen molar-refractivity contribution in [2.45, 2.75) is 30.7 Å². The molecule has 1 fully saturated rings. The Hall–Kier alpha value is -2.36. The molecule has 2 aromatic rings. The maximum Gasteiger partial charge on any atom is 0.354 e. The van der Waals surface area contributed by atoms with Crippen LogP contribution in [0.15, 0.2) is 35.4 Å². The molecular formula is C19H22ClN3O5S. The number of aromatic nitrogens is 1. The van der Waals surface area contributed by atoms with Crippen LogP contribution >= 0.6 is 11.6 Å². The Morgan fingerprint density at radius 1 is 1.28 bits per heavy atom. The zero-order valence-electron chi connectivity index (χ0n) is 16.3. The quantitative estimate of drug-likeness (QED) is 0.722. The average molecular weight is 440 g/mol. The number of rotatable bonds is 5. The number of carbonyl (C=O) groups is 2. The van der Waals surface area contributed by atoms with E-state index in [2.05, 4.69) is 10.1 Å². The Bertz CT molecular complexity index is 1060. The summed E-state index contributed by atoms with van der Waals surface area (Å²) in [5, 5.41) is 3.25. The molecule has 1 amide bonds. The van der Waals surface area contributed by atoms with E-state index in [1.807, 2.05) is 6.92 Å². The molecule has 1 aromatic carbocycles. The minimum Gasteiger partial charge on any atom is -0.464 e. The Balaban J connectivity index is 1.84. The number of ether oxygens (including phenoxy) is 1. The highest BCUT2D eigenvalue weighted by Gasteiger charge is 2.40. The van der Waals surface area contributed by atoms with Gasteiger partial charge in [0.25, 0.3) is 0 Å². The normalized spacial score (nSPS) is 17.3. The molecule has 1 aliphatic rings. The van der Waals surface area contributed by atoms with Crippen molar-refractivity contribution in [1.29, 1.82) is 0 Å². The van der Waals surface area contributed by atoms with Crippen LogP contribution in [-0.4, -0.2) is 48.9 Å². The molecule has 1 aromatic heterocycles. The maximum atomic E-state index is 13.1. The first-order valence-electron chi connectivity index (χ1n) is 8.98. The van der Waals surface area contributed by atoms with Crippen LogP contribution in [-0.2, 0) is 26.6 Å². The predicted octanol–water partition coefficient (Wildman–Crippen LogP) is 2.57. The molecule has 2 heterocycles. The number of hydrogen-bond donors (Lipinski definition) is 1. The van der Waals surface area contributed by atoms with Crippen molar-refractivity contribution in [1.82, 2.24) is 8.87 Å². The first-order valence-corrected chi connectivity index (χ1v) is 10.8. The number of halogens is 1. The third kappa shape index (κ3) is 4.17. The second-order valence-corrected chi connectivity index (χ2v) is 9.19. The molecule has 10 heteroatoms. The van der Waals surface area contributed by atoms with Crippen LogP contribution in [0.25, 0.3) is 0 Å². The lowest BCUT2D eigenvalue weighted by Crippen LogP contribution is -2.43. The van der Waals surface area contributed by atoms with Gasteiger partial charge < -0.3 is 14.6 Å². The van der Waals surface area contributed by atoms with E-state index in [1.54, 1.807) is 25.2 Å². The van der Waals surface area contributed by atoms with Gasteiger partial charge in [0.05, 0.1) is 7.11 Å². The van der Waals surface area contributed by atoms with Crippen LogP contribution in [0.4, 0.5) is 5.69 Å². The highest BCUT2D eigenvalue weighted by atomic mass is 35.5. The van der Waals surface area contributed by atoms with Gasteiger partial charge >= 0.3 is 5.97 Å². The van der Waals surface area contributed by atoms with Gasteiger partial charge in [0, 0.05) is 30.5 Å². The van der Waals surface area contributed by atoms with E-state index in [9.17, 15) is 18.0 Å². The lowest BCUT2D eigenvalue weighted by Gasteiger charge is -2.23. The summed E-state index contributed by atoms with van der Waals surface area (Å²) in [7, 11) is -1.19. The molecule has 1 N–H and O–H groups in total. The van der Waals surface area contributed by atoms with Crippen LogP contribution < -0.4 is 5.32 Å². The zero-order valence-corrected chi connectivity index (χ0v) is 17.9. The molecule has 1 aliphatic heterocycles. The molecule has 0 saturated carbocycles. The molecule has 8 nitrogen and oxygen atoms in total. The van der Waals surface area contributed by atoms with E-state index in [-0.39, 0.29) is 17.1 Å². The number of amides is 1. The number of carbonyl (C=O) groups excluding carboxylic acids is 2. The summed E-state index contributed by atoms with van der Waals surface area (Å²) in [4.78, 5) is 24.5. The summed E-state index contributed by atoms with van der Waals surface area (Å²) in [5.74, 6) is -1.06. The van der Waals surface area contributed by atoms with E-state index in [0.29, 0.717) is 23.6 Å². The van der Waals surface area contributed by atoms with Gasteiger partial charge in [-0.1, -0.05) is 17.7 Å². The number of nitrogens with zero attached hydrogens (tertiary/aromatic N) is 2. The number of anilines is 1. The van der Waals surface area contributed by atoms with Crippen molar-refractivity contribution in [3.05, 3.63) is 46.7 Å². The monoisotopic (exact) mass is 439 g/mol. The second kappa shape index (κ2) is 8.17. The molecule has 0 radical (unpaired) electrons. The first kappa shape index (κ1) is 21.4. The fourth-order valence-electron chi connectivity index (χ4n) is 3.30. The number of esters is 1. The highest BCUT2D eigenvalue weighted by Crippen LogP contribution is 2.28. The largest absolute Gasteiger partial charge is 0.464 e. The van der Waals surface area contributed by atoms with Gasteiger partial charge in [-0.3, -0.25) is 4.79 Å². The Kier molecular flexibility index (Phi) is 6.02. The lowest BCUT2D eigenvalue weighted by atomic mass is 10.2. The third-order valence-corrected chi connectivity index (χ3v) is 7.21. The van der Waals surface area contributed by atoms with E-state index in [0.717, 1.165) is 5.56 Å².